The molecule has 0 spiro atoms. The highest BCUT2D eigenvalue weighted by molar-refractivity contribution is 7.87. The summed E-state index contributed by atoms with van der Waals surface area (Å²) < 4.78 is 23.2. The van der Waals surface area contributed by atoms with Gasteiger partial charge in [0.25, 0.3) is 10.2 Å². The lowest BCUT2D eigenvalue weighted by Crippen LogP contribution is -2.32. The van der Waals surface area contributed by atoms with Crippen molar-refractivity contribution in [3.63, 3.8) is 0 Å². The zero-order valence-electron chi connectivity index (χ0n) is 7.71. The fraction of sp³-hybridized carbons (Fsp3) is 1.00. The van der Waals surface area contributed by atoms with Crippen molar-refractivity contribution in [1.82, 2.24) is 4.72 Å². The molecule has 0 radical (unpaired) electrons. The van der Waals surface area contributed by atoms with Gasteiger partial charge in [-0.2, -0.15) is 8.42 Å². The predicted octanol–water partition coefficient (Wildman–Crippen LogP) is 0.606. The Bertz CT molecular complexity index is 197. The summed E-state index contributed by atoms with van der Waals surface area (Å²) in [6, 6.07) is 0. The molecule has 12 heavy (non-hydrogen) atoms. The van der Waals surface area contributed by atoms with Gasteiger partial charge in [-0.1, -0.05) is 26.7 Å². The molecule has 0 aromatic heterocycles. The maximum absolute atomic E-state index is 10.5. The number of hydrogen-bond acceptors (Lipinski definition) is 2. The summed E-state index contributed by atoms with van der Waals surface area (Å²) in [5.41, 5.74) is 0. The lowest BCUT2D eigenvalue weighted by Gasteiger charge is -2.11. The van der Waals surface area contributed by atoms with Gasteiger partial charge in [-0.15, -0.1) is 0 Å². The zero-order chi connectivity index (χ0) is 9.61. The van der Waals surface area contributed by atoms with Crippen LogP contribution >= 0.6 is 0 Å². The van der Waals surface area contributed by atoms with Gasteiger partial charge in [0.2, 0.25) is 0 Å². The third kappa shape index (κ3) is 6.57. The molecular formula is C7H18N2O2S. The summed E-state index contributed by atoms with van der Waals surface area (Å²) >= 11 is 0. The lowest BCUT2D eigenvalue weighted by molar-refractivity contribution is 0.453. The Hall–Kier alpha value is -0.130. The van der Waals surface area contributed by atoms with Crippen LogP contribution in [0.15, 0.2) is 0 Å². The molecule has 0 heterocycles. The fourth-order valence-electron chi connectivity index (χ4n) is 1.10. The minimum Gasteiger partial charge on any atom is -0.216 e. The molecule has 0 aliphatic rings. The van der Waals surface area contributed by atoms with Gasteiger partial charge in [0, 0.05) is 6.54 Å². The Morgan fingerprint density at radius 2 is 1.83 bits per heavy atom. The topological polar surface area (TPSA) is 72.2 Å². The third-order valence-electron chi connectivity index (χ3n) is 2.01. The Balaban J connectivity index is 3.55. The zero-order valence-corrected chi connectivity index (χ0v) is 8.52. The highest BCUT2D eigenvalue weighted by Gasteiger charge is 2.05. The van der Waals surface area contributed by atoms with E-state index in [1.165, 1.54) is 0 Å². The van der Waals surface area contributed by atoms with Crippen molar-refractivity contribution < 1.29 is 8.42 Å². The first-order valence-corrected chi connectivity index (χ1v) is 5.81. The van der Waals surface area contributed by atoms with Gasteiger partial charge in [0.1, 0.15) is 0 Å². The minimum absolute atomic E-state index is 0.450. The highest BCUT2D eigenvalue weighted by Crippen LogP contribution is 2.10. The average molecular weight is 194 g/mol. The quantitative estimate of drug-likeness (QED) is 0.650. The minimum atomic E-state index is -3.49. The number of hydrogen-bond donors (Lipinski definition) is 2. The van der Waals surface area contributed by atoms with Crippen LogP contribution in [0.25, 0.3) is 0 Å². The first kappa shape index (κ1) is 11.9. The number of nitrogens with one attached hydrogen (secondary N) is 1. The van der Waals surface area contributed by atoms with Crippen LogP contribution in [0.3, 0.4) is 0 Å². The summed E-state index contributed by atoms with van der Waals surface area (Å²) in [4.78, 5) is 0. The van der Waals surface area contributed by atoms with E-state index in [1.807, 2.05) is 0 Å². The second-order valence-electron chi connectivity index (χ2n) is 2.91. The molecule has 4 nitrogen and oxygen atoms in total. The molecule has 0 amide bonds. The van der Waals surface area contributed by atoms with Crippen LogP contribution in [0.2, 0.25) is 0 Å². The first-order chi connectivity index (χ1) is 5.49. The highest BCUT2D eigenvalue weighted by atomic mass is 32.2. The van der Waals surface area contributed by atoms with Crippen LogP contribution in [0.1, 0.15) is 33.1 Å². The molecule has 0 aromatic rings. The second-order valence-corrected chi connectivity index (χ2v) is 4.29. The van der Waals surface area contributed by atoms with E-state index in [4.69, 9.17) is 5.14 Å². The lowest BCUT2D eigenvalue weighted by atomic mass is 10.00. The monoisotopic (exact) mass is 194 g/mol. The average Bonchev–Trinajstić information content (AvgIpc) is 1.96. The molecule has 0 fully saturated rings. The summed E-state index contributed by atoms with van der Waals surface area (Å²) in [5, 5.41) is 4.77. The van der Waals surface area contributed by atoms with Crippen LogP contribution in [0, 0.1) is 5.92 Å². The molecule has 0 atom stereocenters. The Kier molecular flexibility index (Phi) is 5.44. The van der Waals surface area contributed by atoms with Gasteiger partial charge in [-0.25, -0.2) is 9.86 Å². The van der Waals surface area contributed by atoms with E-state index in [9.17, 15) is 8.42 Å². The van der Waals surface area contributed by atoms with Gasteiger partial charge >= 0.3 is 0 Å². The van der Waals surface area contributed by atoms with Crippen molar-refractivity contribution in [3.05, 3.63) is 0 Å². The smallest absolute Gasteiger partial charge is 0.216 e. The molecule has 0 aliphatic carbocycles. The van der Waals surface area contributed by atoms with Crippen LogP contribution in [-0.4, -0.2) is 15.0 Å². The standard InChI is InChI=1S/C7H18N2O2S/c1-3-7(4-2)5-6-9-12(8,10)11/h7,9H,3-6H2,1-2H3,(H2,8,10,11). The van der Waals surface area contributed by atoms with Gasteiger partial charge < -0.3 is 0 Å². The fourth-order valence-corrected chi connectivity index (χ4v) is 1.50. The number of nitrogens with two attached hydrogens (primary N) is 1. The van der Waals surface area contributed by atoms with Crippen LogP contribution in [0.4, 0.5) is 0 Å². The van der Waals surface area contributed by atoms with Gasteiger partial charge in [0.15, 0.2) is 0 Å². The summed E-state index contributed by atoms with van der Waals surface area (Å²) in [6.07, 6.45) is 3.04. The van der Waals surface area contributed by atoms with Crippen molar-refractivity contribution in [2.45, 2.75) is 33.1 Å². The summed E-state index contributed by atoms with van der Waals surface area (Å²) in [6.45, 7) is 4.65. The molecule has 0 saturated carbocycles. The van der Waals surface area contributed by atoms with Crippen molar-refractivity contribution >= 4 is 10.2 Å². The van der Waals surface area contributed by atoms with Crippen molar-refractivity contribution in [1.29, 1.82) is 0 Å². The van der Waals surface area contributed by atoms with Crippen LogP contribution in [0.5, 0.6) is 0 Å². The Morgan fingerprint density at radius 3 is 2.17 bits per heavy atom. The van der Waals surface area contributed by atoms with Gasteiger partial charge in [-0.3, -0.25) is 0 Å². The van der Waals surface area contributed by atoms with E-state index in [-0.39, 0.29) is 0 Å². The Labute approximate surface area is 74.7 Å². The predicted molar refractivity (Wildman–Crippen MR) is 49.8 cm³/mol. The van der Waals surface area contributed by atoms with E-state index in [2.05, 4.69) is 18.6 Å². The summed E-state index contributed by atoms with van der Waals surface area (Å²) in [5.74, 6) is 0.597. The largest absolute Gasteiger partial charge is 0.274 e. The maximum atomic E-state index is 10.5. The molecule has 0 aliphatic heterocycles. The number of rotatable bonds is 6. The maximum Gasteiger partial charge on any atom is 0.274 e. The van der Waals surface area contributed by atoms with Crippen molar-refractivity contribution in [2.75, 3.05) is 6.54 Å². The van der Waals surface area contributed by atoms with E-state index >= 15 is 0 Å². The van der Waals surface area contributed by atoms with Gasteiger partial charge in [-0.05, 0) is 12.3 Å². The normalized spacial score (nSPS) is 12.3. The SMILES string of the molecule is CCC(CC)CCNS(N)(=O)=O. The second kappa shape index (κ2) is 5.50. The Morgan fingerprint density at radius 1 is 1.33 bits per heavy atom. The van der Waals surface area contributed by atoms with Crippen LogP contribution in [-0.2, 0) is 10.2 Å². The van der Waals surface area contributed by atoms with E-state index in [1.54, 1.807) is 0 Å². The molecule has 3 N–H and O–H groups in total. The van der Waals surface area contributed by atoms with E-state index in [0.29, 0.717) is 12.5 Å². The molecule has 0 bridgehead atoms. The molecule has 0 saturated heterocycles. The van der Waals surface area contributed by atoms with Crippen LogP contribution < -0.4 is 9.86 Å². The van der Waals surface area contributed by atoms with Gasteiger partial charge in [0.05, 0.1) is 0 Å². The van der Waals surface area contributed by atoms with E-state index < -0.39 is 10.2 Å². The molecule has 0 unspecified atom stereocenters. The van der Waals surface area contributed by atoms with Crippen molar-refractivity contribution in [2.24, 2.45) is 11.1 Å². The molecule has 0 rings (SSSR count). The molecular weight excluding hydrogens is 176 g/mol. The molecule has 0 aromatic carbocycles. The molecule has 5 heteroatoms. The van der Waals surface area contributed by atoms with Crippen molar-refractivity contribution in [3.8, 4) is 0 Å². The van der Waals surface area contributed by atoms with E-state index in [0.717, 1.165) is 19.3 Å². The third-order valence-corrected chi connectivity index (χ3v) is 2.62. The molecule has 74 valence electrons. The summed E-state index contributed by atoms with van der Waals surface area (Å²) in [7, 11) is -3.49. The first-order valence-electron chi connectivity index (χ1n) is 4.27.